The van der Waals surface area contributed by atoms with Gasteiger partial charge in [-0.05, 0) is 47.4 Å². The molecule has 2 heterocycles. The lowest BCUT2D eigenvalue weighted by molar-refractivity contribution is -0.141. The largest absolute Gasteiger partial charge is 0.493 e. The molecule has 0 spiro atoms. The van der Waals surface area contributed by atoms with E-state index in [0.717, 1.165) is 28.9 Å². The predicted octanol–water partition coefficient (Wildman–Crippen LogP) is 2.92. The molecule has 2 aliphatic heterocycles. The van der Waals surface area contributed by atoms with Crippen LogP contribution in [0, 0.1) is 11.8 Å². The number of carbonyl (C=O) groups is 1. The number of cyclic esters (lactones) is 1. The number of methoxy groups -OCH3 is 3. The van der Waals surface area contributed by atoms with Crippen molar-refractivity contribution in [2.45, 2.75) is 12.3 Å². The molecular weight excluding hydrogens is 376 g/mol. The van der Waals surface area contributed by atoms with Crippen LogP contribution in [0.15, 0.2) is 24.3 Å². The first-order chi connectivity index (χ1) is 14.1. The van der Waals surface area contributed by atoms with Crippen LogP contribution in [-0.4, -0.2) is 40.7 Å². The van der Waals surface area contributed by atoms with E-state index in [1.54, 1.807) is 21.3 Å². The van der Waals surface area contributed by atoms with E-state index >= 15 is 0 Å². The molecule has 0 N–H and O–H groups in total. The van der Waals surface area contributed by atoms with E-state index in [-0.39, 0.29) is 30.5 Å². The molecule has 3 atom stereocenters. The van der Waals surface area contributed by atoms with Gasteiger partial charge in [-0.3, -0.25) is 4.79 Å². The van der Waals surface area contributed by atoms with Crippen LogP contribution in [0.4, 0.5) is 0 Å². The van der Waals surface area contributed by atoms with Gasteiger partial charge in [0.05, 0.1) is 33.9 Å². The van der Waals surface area contributed by atoms with Gasteiger partial charge in [0.2, 0.25) is 12.5 Å². The summed E-state index contributed by atoms with van der Waals surface area (Å²) in [6.45, 7) is 0.639. The van der Waals surface area contributed by atoms with Crippen molar-refractivity contribution in [2.75, 3.05) is 34.7 Å². The van der Waals surface area contributed by atoms with E-state index in [1.165, 1.54) is 0 Å². The highest BCUT2D eigenvalue weighted by molar-refractivity contribution is 5.78. The molecule has 2 aromatic rings. The van der Waals surface area contributed by atoms with Crippen molar-refractivity contribution in [3.8, 4) is 28.7 Å². The first kappa shape index (κ1) is 18.0. The Morgan fingerprint density at radius 2 is 1.59 bits per heavy atom. The minimum Gasteiger partial charge on any atom is -0.493 e. The number of hydrogen-bond acceptors (Lipinski definition) is 7. The summed E-state index contributed by atoms with van der Waals surface area (Å²) in [4.78, 5) is 12.7. The molecule has 7 heteroatoms. The van der Waals surface area contributed by atoms with E-state index in [0.29, 0.717) is 29.6 Å². The Morgan fingerprint density at radius 3 is 2.24 bits per heavy atom. The second-order valence-corrected chi connectivity index (χ2v) is 7.46. The Kier molecular flexibility index (Phi) is 4.19. The van der Waals surface area contributed by atoms with Crippen LogP contribution in [0.2, 0.25) is 0 Å². The van der Waals surface area contributed by atoms with Gasteiger partial charge in [-0.15, -0.1) is 0 Å². The molecule has 3 aliphatic rings. The highest BCUT2D eigenvalue weighted by Crippen LogP contribution is 2.52. The van der Waals surface area contributed by atoms with Crippen molar-refractivity contribution in [1.29, 1.82) is 0 Å². The molecule has 0 aromatic heterocycles. The first-order valence-electron chi connectivity index (χ1n) is 9.53. The molecule has 0 radical (unpaired) electrons. The summed E-state index contributed by atoms with van der Waals surface area (Å²) in [7, 11) is 4.74. The average molecular weight is 398 g/mol. The number of fused-ring (bicyclic) bond motifs is 3. The molecule has 5 rings (SSSR count). The number of rotatable bonds is 4. The van der Waals surface area contributed by atoms with Crippen LogP contribution < -0.4 is 23.7 Å². The number of esters is 1. The third kappa shape index (κ3) is 2.68. The molecule has 1 saturated heterocycles. The number of carbonyl (C=O) groups excluding carboxylic acids is 1. The SMILES string of the molecule is COc1cc([C@@H]2c3cc4c(cc3CC3COC(=O)C32)OCO4)cc(OC)c1OC. The maximum absolute atomic E-state index is 12.7. The standard InChI is InChI=1S/C22H22O7/c1-24-17-6-12(7-18(25-2)21(17)26-3)19-14-8-16-15(28-10-29-16)5-11(14)4-13-9-27-22(23)20(13)19/h5-8,13,19-20H,4,9-10H2,1-3H3/t13?,19-,20?/m1/s1. The fraction of sp³-hybridized carbons (Fsp3) is 0.409. The summed E-state index contributed by atoms with van der Waals surface area (Å²) >= 11 is 0. The zero-order valence-corrected chi connectivity index (χ0v) is 16.5. The van der Waals surface area contributed by atoms with Gasteiger partial charge in [-0.1, -0.05) is 0 Å². The zero-order valence-electron chi connectivity index (χ0n) is 16.5. The molecule has 2 unspecified atom stereocenters. The van der Waals surface area contributed by atoms with Gasteiger partial charge in [0.15, 0.2) is 23.0 Å². The van der Waals surface area contributed by atoms with Crippen LogP contribution in [0.1, 0.15) is 22.6 Å². The lowest BCUT2D eigenvalue weighted by Gasteiger charge is -2.34. The number of hydrogen-bond donors (Lipinski definition) is 0. The highest BCUT2D eigenvalue weighted by Gasteiger charge is 2.48. The molecule has 29 heavy (non-hydrogen) atoms. The van der Waals surface area contributed by atoms with Crippen molar-refractivity contribution < 1.29 is 33.2 Å². The monoisotopic (exact) mass is 398 g/mol. The molecular formula is C22H22O7. The van der Waals surface area contributed by atoms with Crippen LogP contribution in [-0.2, 0) is 16.0 Å². The smallest absolute Gasteiger partial charge is 0.310 e. The molecule has 152 valence electrons. The van der Waals surface area contributed by atoms with Crippen LogP contribution in [0.5, 0.6) is 28.7 Å². The maximum Gasteiger partial charge on any atom is 0.310 e. The van der Waals surface area contributed by atoms with Crippen molar-refractivity contribution in [1.82, 2.24) is 0 Å². The number of benzene rings is 2. The molecule has 1 fully saturated rings. The summed E-state index contributed by atoms with van der Waals surface area (Å²) in [6, 6.07) is 7.84. The Balaban J connectivity index is 1.71. The van der Waals surface area contributed by atoms with Gasteiger partial charge in [-0.2, -0.15) is 0 Å². The van der Waals surface area contributed by atoms with E-state index < -0.39 is 0 Å². The Morgan fingerprint density at radius 1 is 0.897 bits per heavy atom. The fourth-order valence-corrected chi connectivity index (χ4v) is 4.79. The Bertz CT molecular complexity index is 958. The minimum absolute atomic E-state index is 0.111. The molecule has 2 aromatic carbocycles. The van der Waals surface area contributed by atoms with E-state index in [9.17, 15) is 4.79 Å². The van der Waals surface area contributed by atoms with Gasteiger partial charge < -0.3 is 28.4 Å². The Hall–Kier alpha value is -3.09. The zero-order chi connectivity index (χ0) is 20.1. The second kappa shape index (κ2) is 6.76. The van der Waals surface area contributed by atoms with Gasteiger partial charge in [-0.25, -0.2) is 0 Å². The quantitative estimate of drug-likeness (QED) is 0.733. The summed E-state index contributed by atoms with van der Waals surface area (Å²) in [6.07, 6.45) is 0.767. The third-order valence-corrected chi connectivity index (χ3v) is 6.08. The van der Waals surface area contributed by atoms with Crippen LogP contribution >= 0.6 is 0 Å². The normalized spacial score (nSPS) is 23.8. The maximum atomic E-state index is 12.7. The molecule has 1 aliphatic carbocycles. The van der Waals surface area contributed by atoms with Crippen LogP contribution in [0.3, 0.4) is 0 Å². The van der Waals surface area contributed by atoms with Gasteiger partial charge in [0, 0.05) is 11.8 Å². The number of ether oxygens (including phenoxy) is 6. The average Bonchev–Trinajstić information content (AvgIpc) is 3.35. The summed E-state index contributed by atoms with van der Waals surface area (Å²) in [5.74, 6) is 2.53. The van der Waals surface area contributed by atoms with E-state index in [1.807, 2.05) is 24.3 Å². The van der Waals surface area contributed by atoms with Gasteiger partial charge >= 0.3 is 5.97 Å². The summed E-state index contributed by atoms with van der Waals surface area (Å²) < 4.78 is 33.2. The summed E-state index contributed by atoms with van der Waals surface area (Å²) in [5, 5.41) is 0. The van der Waals surface area contributed by atoms with Gasteiger partial charge in [0.25, 0.3) is 0 Å². The lowest BCUT2D eigenvalue weighted by Crippen LogP contribution is -2.31. The van der Waals surface area contributed by atoms with Crippen molar-refractivity contribution in [3.63, 3.8) is 0 Å². The highest BCUT2D eigenvalue weighted by atomic mass is 16.7. The first-order valence-corrected chi connectivity index (χ1v) is 9.53. The fourth-order valence-electron chi connectivity index (χ4n) is 4.79. The lowest BCUT2D eigenvalue weighted by atomic mass is 9.67. The molecule has 0 amide bonds. The Labute approximate surface area is 168 Å². The van der Waals surface area contributed by atoms with Crippen LogP contribution in [0.25, 0.3) is 0 Å². The van der Waals surface area contributed by atoms with Crippen molar-refractivity contribution >= 4 is 5.97 Å². The minimum atomic E-state index is -0.273. The summed E-state index contributed by atoms with van der Waals surface area (Å²) in [5.41, 5.74) is 3.10. The third-order valence-electron chi connectivity index (χ3n) is 6.08. The van der Waals surface area contributed by atoms with Crippen molar-refractivity contribution in [2.24, 2.45) is 11.8 Å². The van der Waals surface area contributed by atoms with E-state index in [4.69, 9.17) is 28.4 Å². The second-order valence-electron chi connectivity index (χ2n) is 7.46. The molecule has 0 bridgehead atoms. The van der Waals surface area contributed by atoms with E-state index in [2.05, 4.69) is 0 Å². The predicted molar refractivity (Wildman–Crippen MR) is 102 cm³/mol. The topological polar surface area (TPSA) is 72.5 Å². The molecule has 7 nitrogen and oxygen atoms in total. The van der Waals surface area contributed by atoms with Gasteiger partial charge in [0.1, 0.15) is 0 Å². The molecule has 0 saturated carbocycles. The van der Waals surface area contributed by atoms with Crippen molar-refractivity contribution in [3.05, 3.63) is 41.0 Å².